The second-order valence-corrected chi connectivity index (χ2v) is 6.69. The Balaban J connectivity index is 1.77. The van der Waals surface area contributed by atoms with Gasteiger partial charge in [0.15, 0.2) is 6.10 Å². The SMILES string of the molecule is CCOC(=O)[C@H](O)C1(c2ccccc2OCc2ccnn2CC(F)(F)F)CC1. The number of ether oxygens (including phenoxy) is 2. The highest BCUT2D eigenvalue weighted by atomic mass is 19.4. The Morgan fingerprint density at radius 3 is 2.68 bits per heavy atom. The first-order chi connectivity index (χ1) is 13.3. The van der Waals surface area contributed by atoms with E-state index < -0.39 is 30.2 Å². The fourth-order valence-electron chi connectivity index (χ4n) is 3.22. The van der Waals surface area contributed by atoms with E-state index in [0.717, 1.165) is 4.68 Å². The van der Waals surface area contributed by atoms with Crippen LogP contribution in [0.4, 0.5) is 13.2 Å². The molecule has 1 heterocycles. The molecule has 1 atom stereocenters. The van der Waals surface area contributed by atoms with Crippen LogP contribution in [0.15, 0.2) is 36.5 Å². The molecular formula is C19H21F3N2O4. The van der Waals surface area contributed by atoms with Crippen LogP contribution in [-0.2, 0) is 28.1 Å². The summed E-state index contributed by atoms with van der Waals surface area (Å²) in [6.45, 7) is 0.489. The van der Waals surface area contributed by atoms with Gasteiger partial charge in [-0.15, -0.1) is 0 Å². The van der Waals surface area contributed by atoms with E-state index in [2.05, 4.69) is 5.10 Å². The first kappa shape index (κ1) is 20.2. The molecule has 3 rings (SSSR count). The second-order valence-electron chi connectivity index (χ2n) is 6.69. The topological polar surface area (TPSA) is 73.6 Å². The number of esters is 1. The standard InChI is InChI=1S/C19H21F3N2O4/c1-2-27-17(26)16(25)18(8-9-18)14-5-3-4-6-15(14)28-11-13-7-10-23-24(13)12-19(20,21)22/h3-7,10,16,25H,2,8-9,11-12H2,1H3/t16-/m0/s1. The molecule has 152 valence electrons. The van der Waals surface area contributed by atoms with Gasteiger partial charge in [-0.25, -0.2) is 4.79 Å². The van der Waals surface area contributed by atoms with Crippen LogP contribution in [0.5, 0.6) is 5.75 Å². The van der Waals surface area contributed by atoms with Gasteiger partial charge >= 0.3 is 12.1 Å². The summed E-state index contributed by atoms with van der Waals surface area (Å²) < 4.78 is 49.5. The van der Waals surface area contributed by atoms with Crippen molar-refractivity contribution < 1.29 is 32.5 Å². The molecule has 0 amide bonds. The van der Waals surface area contributed by atoms with Gasteiger partial charge in [-0.3, -0.25) is 4.68 Å². The molecule has 0 aliphatic heterocycles. The normalized spacial score (nSPS) is 16.5. The molecule has 0 bridgehead atoms. The Morgan fingerprint density at radius 2 is 2.04 bits per heavy atom. The first-order valence-corrected chi connectivity index (χ1v) is 8.91. The maximum atomic E-state index is 12.6. The number of alkyl halides is 3. The van der Waals surface area contributed by atoms with E-state index in [1.807, 2.05) is 0 Å². The zero-order valence-electron chi connectivity index (χ0n) is 15.3. The summed E-state index contributed by atoms with van der Waals surface area (Å²) in [4.78, 5) is 12.0. The molecular weight excluding hydrogens is 377 g/mol. The number of para-hydroxylation sites is 1. The van der Waals surface area contributed by atoms with Crippen LogP contribution in [0.1, 0.15) is 31.0 Å². The smallest absolute Gasteiger partial charge is 0.408 e. The van der Waals surface area contributed by atoms with E-state index in [1.54, 1.807) is 31.2 Å². The average molecular weight is 398 g/mol. The van der Waals surface area contributed by atoms with Gasteiger partial charge in [0, 0.05) is 17.2 Å². The molecule has 9 heteroatoms. The van der Waals surface area contributed by atoms with E-state index >= 15 is 0 Å². The Bertz CT molecular complexity index is 831. The Kier molecular flexibility index (Phi) is 5.64. The minimum atomic E-state index is -4.39. The Labute approximate surface area is 159 Å². The molecule has 28 heavy (non-hydrogen) atoms. The van der Waals surface area contributed by atoms with Gasteiger partial charge in [0.25, 0.3) is 0 Å². The second kappa shape index (κ2) is 7.83. The van der Waals surface area contributed by atoms with E-state index in [-0.39, 0.29) is 18.9 Å². The first-order valence-electron chi connectivity index (χ1n) is 8.91. The Hall–Kier alpha value is -2.55. The number of halogens is 3. The third kappa shape index (κ3) is 4.30. The monoisotopic (exact) mass is 398 g/mol. The van der Waals surface area contributed by atoms with E-state index in [9.17, 15) is 23.1 Å². The quantitative estimate of drug-likeness (QED) is 0.692. The highest BCUT2D eigenvalue weighted by Crippen LogP contribution is 2.54. The number of hydrogen-bond acceptors (Lipinski definition) is 5. The number of nitrogens with zero attached hydrogens (tertiary/aromatic N) is 2. The number of hydrogen-bond donors (Lipinski definition) is 1. The number of benzene rings is 1. The highest BCUT2D eigenvalue weighted by molar-refractivity contribution is 5.78. The van der Waals surface area contributed by atoms with Crippen LogP contribution in [0.25, 0.3) is 0 Å². The minimum absolute atomic E-state index is 0.126. The van der Waals surface area contributed by atoms with E-state index in [0.29, 0.717) is 24.2 Å². The van der Waals surface area contributed by atoms with Gasteiger partial charge in [-0.05, 0) is 31.9 Å². The fourth-order valence-corrected chi connectivity index (χ4v) is 3.22. The van der Waals surface area contributed by atoms with Crippen molar-refractivity contribution in [3.05, 3.63) is 47.8 Å². The van der Waals surface area contributed by atoms with Crippen LogP contribution in [0.2, 0.25) is 0 Å². The molecule has 0 spiro atoms. The largest absolute Gasteiger partial charge is 0.487 e. The van der Waals surface area contributed by atoms with Crippen molar-refractivity contribution >= 4 is 5.97 Å². The third-order valence-electron chi connectivity index (χ3n) is 4.75. The van der Waals surface area contributed by atoms with Crippen LogP contribution >= 0.6 is 0 Å². The van der Waals surface area contributed by atoms with Crippen LogP contribution in [-0.4, -0.2) is 39.7 Å². The molecule has 1 saturated carbocycles. The summed E-state index contributed by atoms with van der Waals surface area (Å²) in [5.74, 6) is -0.291. The van der Waals surface area contributed by atoms with Crippen LogP contribution < -0.4 is 4.74 Å². The highest BCUT2D eigenvalue weighted by Gasteiger charge is 2.55. The van der Waals surface area contributed by atoms with E-state index in [1.165, 1.54) is 12.3 Å². The summed E-state index contributed by atoms with van der Waals surface area (Å²) in [6, 6.07) is 8.34. The maximum absolute atomic E-state index is 12.6. The summed E-state index contributed by atoms with van der Waals surface area (Å²) in [7, 11) is 0. The Morgan fingerprint density at radius 1 is 1.32 bits per heavy atom. The predicted molar refractivity (Wildman–Crippen MR) is 92.6 cm³/mol. The number of aromatic nitrogens is 2. The van der Waals surface area contributed by atoms with Gasteiger partial charge in [-0.2, -0.15) is 18.3 Å². The molecule has 0 unspecified atom stereocenters. The van der Waals surface area contributed by atoms with Gasteiger partial charge < -0.3 is 14.6 Å². The zero-order chi connectivity index (χ0) is 20.4. The molecule has 1 aromatic heterocycles. The lowest BCUT2D eigenvalue weighted by Crippen LogP contribution is -2.35. The molecule has 1 aliphatic rings. The number of aliphatic hydroxyl groups excluding tert-OH is 1. The molecule has 1 aromatic carbocycles. The fraction of sp³-hybridized carbons (Fsp3) is 0.474. The van der Waals surface area contributed by atoms with E-state index in [4.69, 9.17) is 9.47 Å². The third-order valence-corrected chi connectivity index (χ3v) is 4.75. The molecule has 1 fully saturated rings. The van der Waals surface area contributed by atoms with Crippen LogP contribution in [0.3, 0.4) is 0 Å². The molecule has 2 aromatic rings. The number of carbonyl (C=O) groups excluding carboxylic acids is 1. The van der Waals surface area contributed by atoms with Gasteiger partial charge in [-0.1, -0.05) is 18.2 Å². The lowest BCUT2D eigenvalue weighted by molar-refractivity contribution is -0.155. The van der Waals surface area contributed by atoms with Crippen molar-refractivity contribution in [1.29, 1.82) is 0 Å². The molecule has 0 radical (unpaired) electrons. The number of rotatable bonds is 8. The zero-order valence-corrected chi connectivity index (χ0v) is 15.3. The van der Waals surface area contributed by atoms with Gasteiger partial charge in [0.1, 0.15) is 18.9 Å². The number of carbonyl (C=O) groups is 1. The molecule has 6 nitrogen and oxygen atoms in total. The molecule has 1 N–H and O–H groups in total. The van der Waals surface area contributed by atoms with Crippen molar-refractivity contribution in [3.8, 4) is 5.75 Å². The predicted octanol–water partition coefficient (Wildman–Crippen LogP) is 2.98. The maximum Gasteiger partial charge on any atom is 0.408 e. The van der Waals surface area contributed by atoms with Crippen molar-refractivity contribution in [2.75, 3.05) is 6.61 Å². The summed E-state index contributed by atoms with van der Waals surface area (Å²) >= 11 is 0. The van der Waals surface area contributed by atoms with Crippen molar-refractivity contribution in [2.45, 2.75) is 50.6 Å². The summed E-state index contributed by atoms with van der Waals surface area (Å²) in [6.07, 6.45) is -3.27. The minimum Gasteiger partial charge on any atom is -0.487 e. The average Bonchev–Trinajstić information content (AvgIpc) is 3.34. The van der Waals surface area contributed by atoms with Gasteiger partial charge in [0.05, 0.1) is 12.3 Å². The van der Waals surface area contributed by atoms with Crippen molar-refractivity contribution in [3.63, 3.8) is 0 Å². The van der Waals surface area contributed by atoms with Crippen molar-refractivity contribution in [2.24, 2.45) is 0 Å². The lowest BCUT2D eigenvalue weighted by atomic mass is 9.89. The number of aliphatic hydroxyl groups is 1. The summed E-state index contributed by atoms with van der Waals surface area (Å²) in [5.41, 5.74) is 0.107. The molecule has 0 saturated heterocycles. The van der Waals surface area contributed by atoms with Crippen LogP contribution in [0, 0.1) is 0 Å². The van der Waals surface area contributed by atoms with Crippen molar-refractivity contribution in [1.82, 2.24) is 9.78 Å². The molecule has 1 aliphatic carbocycles. The summed E-state index contributed by atoms with van der Waals surface area (Å²) in [5, 5.41) is 14.2. The van der Waals surface area contributed by atoms with Gasteiger partial charge in [0.2, 0.25) is 0 Å². The lowest BCUT2D eigenvalue weighted by Gasteiger charge is -2.23.